The zero-order valence-electron chi connectivity index (χ0n) is 6.86. The van der Waals surface area contributed by atoms with Crippen molar-refractivity contribution in [3.63, 3.8) is 0 Å². The van der Waals surface area contributed by atoms with E-state index in [1.165, 1.54) is 0 Å². The summed E-state index contributed by atoms with van der Waals surface area (Å²) >= 11 is 0. The third kappa shape index (κ3) is 1.32. The van der Waals surface area contributed by atoms with Gasteiger partial charge in [0.2, 0.25) is 0 Å². The Hall–Kier alpha value is -2.02. The van der Waals surface area contributed by atoms with Crippen molar-refractivity contribution >= 4 is 0 Å². The van der Waals surface area contributed by atoms with E-state index in [1.54, 1.807) is 24.8 Å². The molecule has 0 saturated carbocycles. The molecule has 0 bridgehead atoms. The van der Waals surface area contributed by atoms with Crippen molar-refractivity contribution in [2.75, 3.05) is 0 Å². The van der Waals surface area contributed by atoms with E-state index in [9.17, 15) is 0 Å². The minimum Gasteiger partial charge on any atom is -0.367 e. The van der Waals surface area contributed by atoms with Gasteiger partial charge >= 0.3 is 0 Å². The van der Waals surface area contributed by atoms with Crippen LogP contribution in [0.2, 0.25) is 0 Å². The van der Waals surface area contributed by atoms with Crippen LogP contribution in [0, 0.1) is 11.3 Å². The van der Waals surface area contributed by atoms with Gasteiger partial charge in [0.15, 0.2) is 0 Å². The molecule has 1 unspecified atom stereocenters. The van der Waals surface area contributed by atoms with E-state index in [0.29, 0.717) is 5.82 Å². The summed E-state index contributed by atoms with van der Waals surface area (Å²) in [6.07, 6.45) is 6.96. The molecule has 13 heavy (non-hydrogen) atoms. The van der Waals surface area contributed by atoms with Gasteiger partial charge in [0.1, 0.15) is 11.7 Å². The van der Waals surface area contributed by atoms with Gasteiger partial charge in [-0.3, -0.25) is 0 Å². The maximum absolute atomic E-state index is 8.95. The van der Waals surface area contributed by atoms with Crippen LogP contribution in [0.5, 0.6) is 0 Å². The van der Waals surface area contributed by atoms with Crippen LogP contribution in [-0.2, 0) is 0 Å². The number of rotatable bonds is 2. The fraction of sp³-hybridized carbons (Fsp3) is 0.111. The Morgan fingerprint density at radius 2 is 2.38 bits per heavy atom. The number of imidazole rings is 1. The quantitative estimate of drug-likeness (QED) is 0.718. The number of aromatic nitrogens is 3. The van der Waals surface area contributed by atoms with Crippen LogP contribution < -0.4 is 0 Å². The van der Waals surface area contributed by atoms with Crippen LogP contribution in [0.25, 0.3) is 0 Å². The van der Waals surface area contributed by atoms with Crippen LogP contribution in [0.3, 0.4) is 0 Å². The Morgan fingerprint density at radius 1 is 1.46 bits per heavy atom. The molecule has 0 aliphatic carbocycles. The smallest absolute Gasteiger partial charge is 0.130 e. The Kier molecular flexibility index (Phi) is 1.85. The number of aromatic amines is 2. The number of nitrogens with zero attached hydrogens (tertiary/aromatic N) is 2. The first kappa shape index (κ1) is 7.62. The van der Waals surface area contributed by atoms with Gasteiger partial charge in [-0.1, -0.05) is 0 Å². The second kappa shape index (κ2) is 3.15. The number of hydrogen-bond donors (Lipinski definition) is 2. The number of hydrogen-bond acceptors (Lipinski definition) is 2. The highest BCUT2D eigenvalue weighted by Gasteiger charge is 2.15. The molecule has 0 spiro atoms. The molecule has 0 amide bonds. The van der Waals surface area contributed by atoms with Gasteiger partial charge in [-0.05, 0) is 11.6 Å². The van der Waals surface area contributed by atoms with Crippen molar-refractivity contribution in [3.8, 4) is 6.07 Å². The van der Waals surface area contributed by atoms with Crippen LogP contribution in [0.15, 0.2) is 30.9 Å². The second-order valence-corrected chi connectivity index (χ2v) is 2.68. The van der Waals surface area contributed by atoms with E-state index >= 15 is 0 Å². The third-order valence-corrected chi connectivity index (χ3v) is 1.88. The highest BCUT2D eigenvalue weighted by atomic mass is 14.9. The fourth-order valence-electron chi connectivity index (χ4n) is 1.25. The van der Waals surface area contributed by atoms with E-state index in [0.717, 1.165) is 5.56 Å². The molecule has 0 aliphatic heterocycles. The molecule has 0 radical (unpaired) electrons. The van der Waals surface area contributed by atoms with Crippen LogP contribution >= 0.6 is 0 Å². The molecule has 0 aliphatic rings. The van der Waals surface area contributed by atoms with Crippen molar-refractivity contribution in [2.24, 2.45) is 0 Å². The summed E-state index contributed by atoms with van der Waals surface area (Å²) in [6, 6.07) is 4.06. The van der Waals surface area contributed by atoms with Gasteiger partial charge in [0.05, 0.1) is 6.07 Å². The first-order valence-corrected chi connectivity index (χ1v) is 3.93. The van der Waals surface area contributed by atoms with Crippen molar-refractivity contribution in [2.45, 2.75) is 5.92 Å². The molecule has 2 heterocycles. The SMILES string of the molecule is N#CC(c1cc[nH]c1)c1ncc[nH]1. The monoisotopic (exact) mass is 172 g/mol. The summed E-state index contributed by atoms with van der Waals surface area (Å²) in [5.74, 6) is 0.378. The summed E-state index contributed by atoms with van der Waals surface area (Å²) < 4.78 is 0. The van der Waals surface area contributed by atoms with Crippen molar-refractivity contribution in [1.82, 2.24) is 15.0 Å². The summed E-state index contributed by atoms with van der Waals surface area (Å²) in [5.41, 5.74) is 0.928. The zero-order chi connectivity index (χ0) is 9.10. The molecule has 0 saturated heterocycles. The molecule has 0 fully saturated rings. The van der Waals surface area contributed by atoms with E-state index < -0.39 is 0 Å². The van der Waals surface area contributed by atoms with Gasteiger partial charge in [0.25, 0.3) is 0 Å². The molecule has 2 rings (SSSR count). The van der Waals surface area contributed by atoms with E-state index in [4.69, 9.17) is 5.26 Å². The highest BCUT2D eigenvalue weighted by Crippen LogP contribution is 2.19. The predicted molar refractivity (Wildman–Crippen MR) is 46.8 cm³/mol. The number of H-pyrrole nitrogens is 2. The molecule has 64 valence electrons. The average Bonchev–Trinajstić information content (AvgIpc) is 2.76. The average molecular weight is 172 g/mol. The van der Waals surface area contributed by atoms with Crippen LogP contribution in [0.1, 0.15) is 17.3 Å². The molecule has 4 heteroatoms. The van der Waals surface area contributed by atoms with E-state index in [1.807, 2.05) is 6.07 Å². The lowest BCUT2D eigenvalue weighted by molar-refractivity contribution is 0.929. The largest absolute Gasteiger partial charge is 0.367 e. The Bertz CT molecular complexity index is 359. The summed E-state index contributed by atoms with van der Waals surface area (Å²) in [4.78, 5) is 9.89. The van der Waals surface area contributed by atoms with Gasteiger partial charge in [-0.2, -0.15) is 5.26 Å². The lowest BCUT2D eigenvalue weighted by Gasteiger charge is -2.01. The molecule has 2 aromatic rings. The van der Waals surface area contributed by atoms with Gasteiger partial charge < -0.3 is 9.97 Å². The van der Waals surface area contributed by atoms with Gasteiger partial charge in [-0.25, -0.2) is 4.98 Å². The zero-order valence-corrected chi connectivity index (χ0v) is 6.86. The minimum atomic E-state index is -0.304. The summed E-state index contributed by atoms with van der Waals surface area (Å²) in [5, 5.41) is 8.95. The standard InChI is InChI=1S/C9H8N4/c10-5-8(7-1-2-11-6-7)9-12-3-4-13-9/h1-4,6,8,11H,(H,12,13). The first-order valence-electron chi connectivity index (χ1n) is 3.93. The molecule has 1 atom stereocenters. The Morgan fingerprint density at radius 3 is 2.92 bits per heavy atom. The summed E-state index contributed by atoms with van der Waals surface area (Å²) in [6.45, 7) is 0. The number of nitrogens with one attached hydrogen (secondary N) is 2. The highest BCUT2D eigenvalue weighted by molar-refractivity contribution is 5.29. The van der Waals surface area contributed by atoms with Gasteiger partial charge in [-0.15, -0.1) is 0 Å². The predicted octanol–water partition coefficient (Wildman–Crippen LogP) is 1.39. The molecule has 0 aromatic carbocycles. The second-order valence-electron chi connectivity index (χ2n) is 2.68. The third-order valence-electron chi connectivity index (χ3n) is 1.88. The maximum Gasteiger partial charge on any atom is 0.130 e. The summed E-state index contributed by atoms with van der Waals surface area (Å²) in [7, 11) is 0. The van der Waals surface area contributed by atoms with E-state index in [-0.39, 0.29) is 5.92 Å². The fourth-order valence-corrected chi connectivity index (χ4v) is 1.25. The van der Waals surface area contributed by atoms with Crippen LogP contribution in [-0.4, -0.2) is 15.0 Å². The van der Waals surface area contributed by atoms with Gasteiger partial charge in [0, 0.05) is 24.8 Å². The van der Waals surface area contributed by atoms with Crippen LogP contribution in [0.4, 0.5) is 0 Å². The van der Waals surface area contributed by atoms with E-state index in [2.05, 4.69) is 21.0 Å². The maximum atomic E-state index is 8.95. The topological polar surface area (TPSA) is 68.3 Å². The molecule has 4 nitrogen and oxygen atoms in total. The van der Waals surface area contributed by atoms with Crippen molar-refractivity contribution in [1.29, 1.82) is 5.26 Å². The molecular weight excluding hydrogens is 164 g/mol. The Labute approximate surface area is 75.2 Å². The normalized spacial score (nSPS) is 12.2. The molecular formula is C9H8N4. The molecule has 2 N–H and O–H groups in total. The number of nitriles is 1. The van der Waals surface area contributed by atoms with Crippen molar-refractivity contribution < 1.29 is 0 Å². The molecule has 2 aromatic heterocycles. The van der Waals surface area contributed by atoms with Crippen molar-refractivity contribution in [3.05, 3.63) is 42.2 Å². The minimum absolute atomic E-state index is 0.304. The Balaban J connectivity index is 2.36. The lowest BCUT2D eigenvalue weighted by Crippen LogP contribution is -1.98. The first-order chi connectivity index (χ1) is 6.42. The lowest BCUT2D eigenvalue weighted by atomic mass is 10.0.